The second-order valence-corrected chi connectivity index (χ2v) is 6.90. The third-order valence-corrected chi connectivity index (χ3v) is 4.97. The molecular formula is C22H27N3O4. The van der Waals surface area contributed by atoms with E-state index in [-0.39, 0.29) is 11.8 Å². The number of carbonyl (C=O) groups is 2. The van der Waals surface area contributed by atoms with E-state index in [0.717, 1.165) is 18.8 Å². The number of methoxy groups -OCH3 is 2. The third kappa shape index (κ3) is 5.71. The Morgan fingerprint density at radius 3 is 2.14 bits per heavy atom. The summed E-state index contributed by atoms with van der Waals surface area (Å²) in [5.74, 6) is 1.15. The molecule has 0 atom stereocenters. The zero-order valence-corrected chi connectivity index (χ0v) is 16.9. The van der Waals surface area contributed by atoms with Crippen LogP contribution >= 0.6 is 0 Å². The molecule has 0 saturated carbocycles. The number of amides is 2. The minimum atomic E-state index is -0.0383. The summed E-state index contributed by atoms with van der Waals surface area (Å²) in [7, 11) is 3.13. The molecule has 0 spiro atoms. The molecule has 1 heterocycles. The molecule has 29 heavy (non-hydrogen) atoms. The second kappa shape index (κ2) is 9.93. The molecule has 2 amide bonds. The highest BCUT2D eigenvalue weighted by molar-refractivity contribution is 5.95. The van der Waals surface area contributed by atoms with Crippen LogP contribution in [0, 0.1) is 0 Å². The molecule has 7 nitrogen and oxygen atoms in total. The topological polar surface area (TPSA) is 71.1 Å². The summed E-state index contributed by atoms with van der Waals surface area (Å²) in [5.41, 5.74) is 1.36. The van der Waals surface area contributed by atoms with Crippen LogP contribution in [-0.2, 0) is 4.79 Å². The number of piperazine rings is 1. The predicted octanol–water partition coefficient (Wildman–Crippen LogP) is 2.49. The molecule has 1 fully saturated rings. The van der Waals surface area contributed by atoms with Gasteiger partial charge in [0.1, 0.15) is 11.5 Å². The van der Waals surface area contributed by atoms with Gasteiger partial charge < -0.3 is 19.7 Å². The number of nitrogens with zero attached hydrogens (tertiary/aromatic N) is 2. The largest absolute Gasteiger partial charge is 0.497 e. The number of para-hydroxylation sites is 1. The lowest BCUT2D eigenvalue weighted by atomic mass is 10.1. The minimum absolute atomic E-state index is 0.00168. The lowest BCUT2D eigenvalue weighted by Crippen LogP contribution is -2.49. The van der Waals surface area contributed by atoms with Crippen LogP contribution in [0.5, 0.6) is 11.5 Å². The first-order chi connectivity index (χ1) is 14.1. The summed E-state index contributed by atoms with van der Waals surface area (Å²) in [5, 5.41) is 2.90. The van der Waals surface area contributed by atoms with E-state index < -0.39 is 0 Å². The summed E-state index contributed by atoms with van der Waals surface area (Å²) in [4.78, 5) is 29.0. The van der Waals surface area contributed by atoms with Crippen LogP contribution in [0.3, 0.4) is 0 Å². The molecule has 0 aliphatic carbocycles. The number of hydrogen-bond donors (Lipinski definition) is 1. The standard InChI is InChI=1S/C22H27N3O4/c1-28-19-14-17(15-20(16-19)29-2)22(27)25-12-10-24(11-13-25)9-8-21(26)23-18-6-4-3-5-7-18/h3-7,14-16H,8-13H2,1-2H3,(H,23,26). The molecule has 0 aromatic heterocycles. The van der Waals surface area contributed by atoms with Crippen LogP contribution in [0.25, 0.3) is 0 Å². The van der Waals surface area contributed by atoms with E-state index >= 15 is 0 Å². The maximum atomic E-state index is 12.8. The molecule has 0 unspecified atom stereocenters. The fraction of sp³-hybridized carbons (Fsp3) is 0.364. The Morgan fingerprint density at radius 1 is 0.931 bits per heavy atom. The van der Waals surface area contributed by atoms with Crippen LogP contribution in [-0.4, -0.2) is 68.6 Å². The fourth-order valence-electron chi connectivity index (χ4n) is 3.29. The smallest absolute Gasteiger partial charge is 0.254 e. The average Bonchev–Trinajstić information content (AvgIpc) is 2.77. The van der Waals surface area contributed by atoms with E-state index in [1.54, 1.807) is 32.4 Å². The van der Waals surface area contributed by atoms with E-state index in [1.165, 1.54) is 0 Å². The number of benzene rings is 2. The van der Waals surface area contributed by atoms with Gasteiger partial charge >= 0.3 is 0 Å². The molecular weight excluding hydrogens is 370 g/mol. The Bertz CT molecular complexity index is 811. The monoisotopic (exact) mass is 397 g/mol. The van der Waals surface area contributed by atoms with Crippen LogP contribution in [0.4, 0.5) is 5.69 Å². The summed E-state index contributed by atoms with van der Waals surface area (Å²) in [6.45, 7) is 3.40. The minimum Gasteiger partial charge on any atom is -0.497 e. The van der Waals surface area contributed by atoms with Crippen LogP contribution in [0.2, 0.25) is 0 Å². The number of rotatable bonds is 7. The molecule has 0 radical (unpaired) electrons. The first kappa shape index (κ1) is 20.7. The number of carbonyl (C=O) groups excluding carboxylic acids is 2. The van der Waals surface area contributed by atoms with Gasteiger partial charge in [0.15, 0.2) is 0 Å². The Balaban J connectivity index is 1.47. The third-order valence-electron chi connectivity index (χ3n) is 4.97. The number of hydrogen-bond acceptors (Lipinski definition) is 5. The summed E-state index contributed by atoms with van der Waals surface area (Å²) >= 11 is 0. The zero-order valence-electron chi connectivity index (χ0n) is 16.9. The van der Waals surface area contributed by atoms with Crippen LogP contribution in [0.1, 0.15) is 16.8 Å². The molecule has 1 aliphatic heterocycles. The highest BCUT2D eigenvalue weighted by Crippen LogP contribution is 2.23. The van der Waals surface area contributed by atoms with Crippen molar-refractivity contribution in [3.05, 3.63) is 54.1 Å². The first-order valence-electron chi connectivity index (χ1n) is 9.68. The van der Waals surface area contributed by atoms with E-state index in [2.05, 4.69) is 10.2 Å². The van der Waals surface area contributed by atoms with Gasteiger partial charge in [-0.05, 0) is 24.3 Å². The zero-order chi connectivity index (χ0) is 20.6. The van der Waals surface area contributed by atoms with Gasteiger partial charge in [-0.15, -0.1) is 0 Å². The summed E-state index contributed by atoms with van der Waals surface area (Å²) in [6.07, 6.45) is 0.427. The quantitative estimate of drug-likeness (QED) is 0.777. The Kier molecular flexibility index (Phi) is 7.08. The van der Waals surface area contributed by atoms with Crippen molar-refractivity contribution < 1.29 is 19.1 Å². The molecule has 1 N–H and O–H groups in total. The maximum absolute atomic E-state index is 12.8. The van der Waals surface area contributed by atoms with Gasteiger partial charge in [-0.1, -0.05) is 18.2 Å². The highest BCUT2D eigenvalue weighted by atomic mass is 16.5. The lowest BCUT2D eigenvalue weighted by Gasteiger charge is -2.34. The van der Waals surface area contributed by atoms with Crippen molar-refractivity contribution in [3.8, 4) is 11.5 Å². The molecule has 154 valence electrons. The number of anilines is 1. The van der Waals surface area contributed by atoms with Crippen LogP contribution < -0.4 is 14.8 Å². The van der Waals surface area contributed by atoms with Crippen molar-refractivity contribution in [3.63, 3.8) is 0 Å². The van der Waals surface area contributed by atoms with Crippen molar-refractivity contribution >= 4 is 17.5 Å². The maximum Gasteiger partial charge on any atom is 0.254 e. The van der Waals surface area contributed by atoms with Crippen molar-refractivity contribution in [2.75, 3.05) is 52.3 Å². The summed E-state index contributed by atoms with van der Waals surface area (Å²) < 4.78 is 10.5. The normalized spacial score (nSPS) is 14.3. The van der Waals surface area contributed by atoms with Gasteiger partial charge in [-0.2, -0.15) is 0 Å². The van der Waals surface area contributed by atoms with Gasteiger partial charge in [0, 0.05) is 56.5 Å². The average molecular weight is 397 g/mol. The Hall–Kier alpha value is -3.06. The Morgan fingerprint density at radius 2 is 1.55 bits per heavy atom. The molecule has 2 aromatic carbocycles. The molecule has 2 aromatic rings. The van der Waals surface area contributed by atoms with Crippen molar-refractivity contribution in [2.45, 2.75) is 6.42 Å². The first-order valence-corrected chi connectivity index (χ1v) is 9.68. The van der Waals surface area contributed by atoms with E-state index in [4.69, 9.17) is 9.47 Å². The lowest BCUT2D eigenvalue weighted by molar-refractivity contribution is -0.116. The predicted molar refractivity (Wildman–Crippen MR) is 112 cm³/mol. The van der Waals surface area contributed by atoms with E-state index in [0.29, 0.717) is 43.1 Å². The van der Waals surface area contributed by atoms with Gasteiger partial charge in [0.25, 0.3) is 5.91 Å². The molecule has 1 saturated heterocycles. The number of ether oxygens (including phenoxy) is 2. The fourth-order valence-corrected chi connectivity index (χ4v) is 3.29. The van der Waals surface area contributed by atoms with Crippen LogP contribution in [0.15, 0.2) is 48.5 Å². The van der Waals surface area contributed by atoms with Crippen molar-refractivity contribution in [1.29, 1.82) is 0 Å². The van der Waals surface area contributed by atoms with E-state index in [9.17, 15) is 9.59 Å². The van der Waals surface area contributed by atoms with Gasteiger partial charge in [-0.25, -0.2) is 0 Å². The van der Waals surface area contributed by atoms with Gasteiger partial charge in [0.05, 0.1) is 14.2 Å². The van der Waals surface area contributed by atoms with E-state index in [1.807, 2.05) is 35.2 Å². The number of nitrogens with one attached hydrogen (secondary N) is 1. The molecule has 0 bridgehead atoms. The van der Waals surface area contributed by atoms with Crippen molar-refractivity contribution in [1.82, 2.24) is 9.80 Å². The second-order valence-electron chi connectivity index (χ2n) is 6.90. The molecule has 1 aliphatic rings. The molecule has 7 heteroatoms. The molecule has 3 rings (SSSR count). The highest BCUT2D eigenvalue weighted by Gasteiger charge is 2.23. The van der Waals surface area contributed by atoms with Gasteiger partial charge in [0.2, 0.25) is 5.91 Å². The van der Waals surface area contributed by atoms with Gasteiger partial charge in [-0.3, -0.25) is 14.5 Å². The summed E-state index contributed by atoms with van der Waals surface area (Å²) in [6, 6.07) is 14.6. The van der Waals surface area contributed by atoms with Crippen molar-refractivity contribution in [2.24, 2.45) is 0 Å². The SMILES string of the molecule is COc1cc(OC)cc(C(=O)N2CCN(CCC(=O)Nc3ccccc3)CC2)c1. The Labute approximate surface area is 171 Å².